The zero-order chi connectivity index (χ0) is 15.5. The molecule has 0 aliphatic heterocycles. The summed E-state index contributed by atoms with van der Waals surface area (Å²) in [6.45, 7) is 4.41. The number of carboxylic acid groups (broad SMARTS) is 1. The van der Waals surface area contributed by atoms with E-state index in [4.69, 9.17) is 5.11 Å². The minimum absolute atomic E-state index is 0.0711. The first-order chi connectivity index (χ1) is 10.7. The fourth-order valence-corrected chi connectivity index (χ4v) is 3.00. The topological polar surface area (TPSA) is 80.9 Å². The molecule has 0 spiro atoms. The smallest absolute Gasteiger partial charge is 0.304 e. The molecule has 3 aromatic rings. The van der Waals surface area contributed by atoms with Crippen LogP contribution < -0.4 is 0 Å². The van der Waals surface area contributed by atoms with Crippen LogP contribution in [0.5, 0.6) is 0 Å². The number of para-hydroxylation sites is 1. The van der Waals surface area contributed by atoms with Gasteiger partial charge in [-0.05, 0) is 6.07 Å². The van der Waals surface area contributed by atoms with Crippen LogP contribution in [0.15, 0.2) is 42.1 Å². The third kappa shape index (κ3) is 2.67. The first-order valence-electron chi connectivity index (χ1n) is 6.78. The molecule has 22 heavy (non-hydrogen) atoms. The van der Waals surface area contributed by atoms with E-state index in [2.05, 4.69) is 21.8 Å². The van der Waals surface area contributed by atoms with Crippen LogP contribution in [0.3, 0.4) is 0 Å². The lowest BCUT2D eigenvalue weighted by molar-refractivity contribution is -0.136. The van der Waals surface area contributed by atoms with Crippen molar-refractivity contribution in [2.75, 3.05) is 5.75 Å². The maximum absolute atomic E-state index is 10.6. The third-order valence-corrected chi connectivity index (χ3v) is 4.05. The van der Waals surface area contributed by atoms with E-state index in [9.17, 15) is 4.79 Å². The summed E-state index contributed by atoms with van der Waals surface area (Å²) < 4.78 is 2.04. The van der Waals surface area contributed by atoms with Crippen molar-refractivity contribution in [2.24, 2.45) is 0 Å². The van der Waals surface area contributed by atoms with Crippen molar-refractivity contribution >= 4 is 39.8 Å². The third-order valence-electron chi connectivity index (χ3n) is 3.21. The lowest BCUT2D eigenvalue weighted by atomic mass is 10.2. The van der Waals surface area contributed by atoms with Crippen LogP contribution in [-0.2, 0) is 11.3 Å². The van der Waals surface area contributed by atoms with Gasteiger partial charge in [0.05, 0.1) is 11.9 Å². The minimum Gasteiger partial charge on any atom is -0.481 e. The lowest BCUT2D eigenvalue weighted by Gasteiger charge is -2.03. The average Bonchev–Trinajstić information content (AvgIpc) is 2.82. The Balaban J connectivity index is 2.06. The molecule has 2 heterocycles. The highest BCUT2D eigenvalue weighted by Gasteiger charge is 2.14. The molecule has 0 saturated carbocycles. The van der Waals surface area contributed by atoms with E-state index in [1.54, 1.807) is 0 Å². The van der Waals surface area contributed by atoms with E-state index in [1.807, 2.05) is 34.9 Å². The first-order valence-corrected chi connectivity index (χ1v) is 7.76. The number of fused-ring (bicyclic) bond motifs is 3. The standard InChI is InChI=1S/C15H14N4O2S/c1-2-8-19-11-6-4-3-5-10(11)13-14(19)16-15(18-17-13)22-9-7-12(20)21/h2-6H,1,7-9H2,(H,20,21). The normalized spacial score (nSPS) is 11.1. The quantitative estimate of drug-likeness (QED) is 0.556. The number of rotatable bonds is 6. The Bertz CT molecular complexity index is 859. The van der Waals surface area contributed by atoms with Crippen molar-refractivity contribution in [3.8, 4) is 0 Å². The number of hydrogen-bond donors (Lipinski definition) is 1. The second kappa shape index (κ2) is 6.15. The van der Waals surface area contributed by atoms with Gasteiger partial charge in [0.25, 0.3) is 0 Å². The van der Waals surface area contributed by atoms with E-state index in [1.165, 1.54) is 11.8 Å². The van der Waals surface area contributed by atoms with Gasteiger partial charge in [-0.15, -0.1) is 16.8 Å². The molecule has 0 aliphatic carbocycles. The molecule has 7 heteroatoms. The fourth-order valence-electron chi connectivity index (χ4n) is 2.29. The Morgan fingerprint density at radius 2 is 2.18 bits per heavy atom. The molecule has 1 N–H and O–H groups in total. The molecule has 0 amide bonds. The molecule has 2 aromatic heterocycles. The maximum atomic E-state index is 10.6. The molecule has 1 aromatic carbocycles. The zero-order valence-corrected chi connectivity index (χ0v) is 12.6. The second-order valence-electron chi connectivity index (χ2n) is 4.68. The molecular weight excluding hydrogens is 300 g/mol. The number of carboxylic acids is 1. The summed E-state index contributed by atoms with van der Waals surface area (Å²) in [4.78, 5) is 15.1. The number of nitrogens with zero attached hydrogens (tertiary/aromatic N) is 4. The van der Waals surface area contributed by atoms with Gasteiger partial charge in [-0.1, -0.05) is 36.0 Å². The van der Waals surface area contributed by atoms with Crippen molar-refractivity contribution in [2.45, 2.75) is 18.1 Å². The highest BCUT2D eigenvalue weighted by atomic mass is 32.2. The number of aromatic nitrogens is 4. The molecule has 0 atom stereocenters. The number of thioether (sulfide) groups is 1. The van der Waals surface area contributed by atoms with Gasteiger partial charge in [0, 0.05) is 17.7 Å². The van der Waals surface area contributed by atoms with Gasteiger partial charge in [0.15, 0.2) is 5.65 Å². The van der Waals surface area contributed by atoms with E-state index < -0.39 is 5.97 Å². The van der Waals surface area contributed by atoms with Crippen LogP contribution in [-0.4, -0.2) is 36.6 Å². The van der Waals surface area contributed by atoms with Crippen LogP contribution in [0.1, 0.15) is 6.42 Å². The molecule has 6 nitrogen and oxygen atoms in total. The van der Waals surface area contributed by atoms with Crippen molar-refractivity contribution in [3.63, 3.8) is 0 Å². The Morgan fingerprint density at radius 3 is 2.95 bits per heavy atom. The molecular formula is C15H14N4O2S. The zero-order valence-electron chi connectivity index (χ0n) is 11.8. The molecule has 0 unspecified atom stereocenters. The average molecular weight is 314 g/mol. The molecule has 3 rings (SSSR count). The van der Waals surface area contributed by atoms with Gasteiger partial charge in [0.1, 0.15) is 5.52 Å². The van der Waals surface area contributed by atoms with Crippen LogP contribution >= 0.6 is 11.8 Å². The number of allylic oxidation sites excluding steroid dienone is 1. The van der Waals surface area contributed by atoms with E-state index in [-0.39, 0.29) is 6.42 Å². The second-order valence-corrected chi connectivity index (χ2v) is 5.74. The van der Waals surface area contributed by atoms with Gasteiger partial charge in [-0.25, -0.2) is 4.98 Å². The molecule has 0 bridgehead atoms. The predicted molar refractivity (Wildman–Crippen MR) is 86.0 cm³/mol. The summed E-state index contributed by atoms with van der Waals surface area (Å²) in [6.07, 6.45) is 1.88. The largest absolute Gasteiger partial charge is 0.481 e. The predicted octanol–water partition coefficient (Wildman–Crippen LogP) is 2.73. The summed E-state index contributed by atoms with van der Waals surface area (Å²) in [5.74, 6) is -0.410. The van der Waals surface area contributed by atoms with Crippen molar-refractivity contribution in [1.29, 1.82) is 0 Å². The minimum atomic E-state index is -0.831. The van der Waals surface area contributed by atoms with Crippen LogP contribution in [0.4, 0.5) is 0 Å². The molecule has 0 saturated heterocycles. The van der Waals surface area contributed by atoms with E-state index in [0.717, 1.165) is 22.1 Å². The van der Waals surface area contributed by atoms with Gasteiger partial charge in [-0.3, -0.25) is 4.79 Å². The SMILES string of the molecule is C=CCn1c2ccccc2c2nnc(SCCC(=O)O)nc21. The molecule has 0 aliphatic rings. The van der Waals surface area contributed by atoms with E-state index >= 15 is 0 Å². The van der Waals surface area contributed by atoms with Crippen LogP contribution in [0.25, 0.3) is 22.1 Å². The molecule has 0 fully saturated rings. The lowest BCUT2D eigenvalue weighted by Crippen LogP contribution is -2.00. The Labute approximate surface area is 130 Å². The maximum Gasteiger partial charge on any atom is 0.304 e. The van der Waals surface area contributed by atoms with Crippen LogP contribution in [0.2, 0.25) is 0 Å². The monoisotopic (exact) mass is 314 g/mol. The van der Waals surface area contributed by atoms with Crippen LogP contribution in [0, 0.1) is 0 Å². The summed E-state index contributed by atoms with van der Waals surface area (Å²) >= 11 is 1.30. The summed E-state index contributed by atoms with van der Waals surface area (Å²) in [6, 6.07) is 7.93. The Morgan fingerprint density at radius 1 is 1.36 bits per heavy atom. The summed E-state index contributed by atoms with van der Waals surface area (Å²) in [5.41, 5.74) is 2.53. The summed E-state index contributed by atoms with van der Waals surface area (Å²) in [5, 5.41) is 18.5. The Kier molecular flexibility index (Phi) is 4.06. The number of hydrogen-bond acceptors (Lipinski definition) is 5. The highest BCUT2D eigenvalue weighted by molar-refractivity contribution is 7.99. The number of carbonyl (C=O) groups is 1. The van der Waals surface area contributed by atoms with Gasteiger partial charge in [0.2, 0.25) is 5.16 Å². The molecule has 0 radical (unpaired) electrons. The highest BCUT2D eigenvalue weighted by Crippen LogP contribution is 2.27. The van der Waals surface area contributed by atoms with Crippen molar-refractivity contribution in [3.05, 3.63) is 36.9 Å². The van der Waals surface area contributed by atoms with Crippen molar-refractivity contribution < 1.29 is 9.90 Å². The van der Waals surface area contributed by atoms with Gasteiger partial charge >= 0.3 is 5.97 Å². The first kappa shape index (κ1) is 14.5. The van der Waals surface area contributed by atoms with E-state index in [0.29, 0.717) is 17.5 Å². The fraction of sp³-hybridized carbons (Fsp3) is 0.200. The number of benzene rings is 1. The van der Waals surface area contributed by atoms with Gasteiger partial charge < -0.3 is 9.67 Å². The Hall–Kier alpha value is -2.41. The van der Waals surface area contributed by atoms with Crippen molar-refractivity contribution in [1.82, 2.24) is 19.7 Å². The summed E-state index contributed by atoms with van der Waals surface area (Å²) in [7, 11) is 0. The number of aliphatic carboxylic acids is 1. The molecule has 112 valence electrons. The van der Waals surface area contributed by atoms with Gasteiger partial charge in [-0.2, -0.15) is 0 Å².